The Morgan fingerprint density at radius 2 is 2.18 bits per heavy atom. The van der Waals surface area contributed by atoms with Crippen LogP contribution >= 0.6 is 0 Å². The van der Waals surface area contributed by atoms with E-state index in [1.165, 1.54) is 12.7 Å². The first-order valence-electron chi connectivity index (χ1n) is 7.43. The minimum Gasteiger partial charge on any atom is -0.478 e. The van der Waals surface area contributed by atoms with Crippen molar-refractivity contribution in [3.8, 4) is 0 Å². The maximum absolute atomic E-state index is 12.4. The van der Waals surface area contributed by atoms with E-state index in [0.717, 1.165) is 12.8 Å². The van der Waals surface area contributed by atoms with Crippen LogP contribution in [0.5, 0.6) is 0 Å². The molecule has 1 aromatic carbocycles. The van der Waals surface area contributed by atoms with Crippen LogP contribution in [0.4, 0.5) is 0 Å². The first-order chi connectivity index (χ1) is 10.6. The standard InChI is InChI=1S/C16H16N2O4/c19-15(18-13-6-9-2-3-12(13)17-9)8-1-4-14-10(5-8)11(7-22-14)16(20)21/h1,4-5,7,9,12-13,17H,2-3,6H2,(H,18,19)(H,20,21)/t9-,12+,13-/m1/s1. The lowest BCUT2D eigenvalue weighted by Gasteiger charge is -2.21. The van der Waals surface area contributed by atoms with E-state index in [1.807, 2.05) is 0 Å². The minimum absolute atomic E-state index is 0.0752. The average Bonchev–Trinajstić information content (AvgIpc) is 3.20. The number of carbonyl (C=O) groups excluding carboxylic acids is 1. The zero-order chi connectivity index (χ0) is 15.3. The molecule has 2 aliphatic rings. The molecule has 0 aliphatic carbocycles. The van der Waals surface area contributed by atoms with Crippen LogP contribution in [-0.2, 0) is 0 Å². The van der Waals surface area contributed by atoms with E-state index < -0.39 is 5.97 Å². The van der Waals surface area contributed by atoms with Gasteiger partial charge in [0.05, 0.1) is 0 Å². The summed E-state index contributed by atoms with van der Waals surface area (Å²) in [6.07, 6.45) is 4.44. The summed E-state index contributed by atoms with van der Waals surface area (Å²) in [6, 6.07) is 5.92. The molecule has 3 atom stereocenters. The van der Waals surface area contributed by atoms with Gasteiger partial charge >= 0.3 is 5.97 Å². The highest BCUT2D eigenvalue weighted by Crippen LogP contribution is 2.28. The molecule has 2 aliphatic heterocycles. The van der Waals surface area contributed by atoms with Crippen LogP contribution in [-0.4, -0.2) is 35.1 Å². The lowest BCUT2D eigenvalue weighted by Crippen LogP contribution is -2.42. The molecule has 6 nitrogen and oxygen atoms in total. The van der Waals surface area contributed by atoms with Crippen LogP contribution in [0.25, 0.3) is 11.0 Å². The van der Waals surface area contributed by atoms with Crippen molar-refractivity contribution in [2.75, 3.05) is 0 Å². The average molecular weight is 300 g/mol. The molecule has 1 aromatic heterocycles. The third kappa shape index (κ3) is 2.07. The lowest BCUT2D eigenvalue weighted by atomic mass is 9.95. The van der Waals surface area contributed by atoms with Gasteiger partial charge in [0, 0.05) is 29.1 Å². The number of benzene rings is 1. The second-order valence-electron chi connectivity index (χ2n) is 6.03. The molecular weight excluding hydrogens is 284 g/mol. The highest BCUT2D eigenvalue weighted by atomic mass is 16.4. The largest absolute Gasteiger partial charge is 0.478 e. The number of furan rings is 1. The van der Waals surface area contributed by atoms with Crippen LogP contribution in [0.15, 0.2) is 28.9 Å². The van der Waals surface area contributed by atoms with Crippen LogP contribution in [0, 0.1) is 0 Å². The van der Waals surface area contributed by atoms with E-state index in [0.29, 0.717) is 28.6 Å². The van der Waals surface area contributed by atoms with Gasteiger partial charge in [-0.2, -0.15) is 0 Å². The second kappa shape index (κ2) is 4.84. The summed E-state index contributed by atoms with van der Waals surface area (Å²) >= 11 is 0. The maximum atomic E-state index is 12.4. The summed E-state index contributed by atoms with van der Waals surface area (Å²) in [5.41, 5.74) is 1.00. The first kappa shape index (κ1) is 13.3. The summed E-state index contributed by atoms with van der Waals surface area (Å²) in [5.74, 6) is -1.23. The van der Waals surface area contributed by atoms with Gasteiger partial charge in [0.2, 0.25) is 0 Å². The number of aromatic carboxylic acids is 1. The van der Waals surface area contributed by atoms with Crippen LogP contribution in [0.3, 0.4) is 0 Å². The number of carboxylic acid groups (broad SMARTS) is 1. The van der Waals surface area contributed by atoms with Gasteiger partial charge in [0.25, 0.3) is 5.91 Å². The summed E-state index contributed by atoms with van der Waals surface area (Å²) < 4.78 is 5.20. The quantitative estimate of drug-likeness (QED) is 0.803. The van der Waals surface area contributed by atoms with Crippen LogP contribution < -0.4 is 10.6 Å². The van der Waals surface area contributed by atoms with E-state index in [-0.39, 0.29) is 17.5 Å². The number of rotatable bonds is 3. The number of hydrogen-bond donors (Lipinski definition) is 3. The molecule has 1 amide bonds. The molecule has 0 unspecified atom stereocenters. The zero-order valence-electron chi connectivity index (χ0n) is 11.8. The van der Waals surface area contributed by atoms with Gasteiger partial charge in [-0.25, -0.2) is 4.79 Å². The van der Waals surface area contributed by atoms with Gasteiger partial charge in [-0.15, -0.1) is 0 Å². The molecule has 0 spiro atoms. The molecule has 3 heterocycles. The number of amides is 1. The zero-order valence-corrected chi connectivity index (χ0v) is 11.8. The fourth-order valence-corrected chi connectivity index (χ4v) is 3.57. The van der Waals surface area contributed by atoms with Gasteiger partial charge in [-0.3, -0.25) is 4.79 Å². The van der Waals surface area contributed by atoms with E-state index in [4.69, 9.17) is 9.52 Å². The minimum atomic E-state index is -1.06. The van der Waals surface area contributed by atoms with E-state index >= 15 is 0 Å². The third-order valence-electron chi connectivity index (χ3n) is 4.68. The predicted octanol–water partition coefficient (Wildman–Crippen LogP) is 1.75. The Kier molecular flexibility index (Phi) is 2.94. The van der Waals surface area contributed by atoms with Crippen molar-refractivity contribution >= 4 is 22.8 Å². The second-order valence-corrected chi connectivity index (χ2v) is 6.03. The SMILES string of the molecule is O=C(N[C@@H]1C[C@H]2CC[C@@H]1N2)c1ccc2occ(C(=O)O)c2c1. The van der Waals surface area contributed by atoms with Crippen molar-refractivity contribution in [3.63, 3.8) is 0 Å². The monoisotopic (exact) mass is 300 g/mol. The van der Waals surface area contributed by atoms with Gasteiger partial charge < -0.3 is 20.2 Å². The highest BCUT2D eigenvalue weighted by Gasteiger charge is 2.39. The van der Waals surface area contributed by atoms with Crippen molar-refractivity contribution in [1.82, 2.24) is 10.6 Å². The van der Waals surface area contributed by atoms with E-state index in [1.54, 1.807) is 18.2 Å². The Hall–Kier alpha value is -2.34. The molecule has 2 bridgehead atoms. The van der Waals surface area contributed by atoms with E-state index in [9.17, 15) is 9.59 Å². The van der Waals surface area contributed by atoms with Crippen molar-refractivity contribution in [2.45, 2.75) is 37.4 Å². The van der Waals surface area contributed by atoms with Gasteiger partial charge in [0.1, 0.15) is 17.4 Å². The Bertz CT molecular complexity index is 767. The molecule has 114 valence electrons. The number of carboxylic acids is 1. The van der Waals surface area contributed by atoms with Gasteiger partial charge in [-0.1, -0.05) is 0 Å². The lowest BCUT2D eigenvalue weighted by molar-refractivity contribution is 0.0697. The Balaban J connectivity index is 1.59. The summed E-state index contributed by atoms with van der Waals surface area (Å²) in [5, 5.41) is 16.1. The molecule has 4 rings (SSSR count). The molecule has 3 N–H and O–H groups in total. The molecule has 0 radical (unpaired) electrons. The number of carbonyl (C=O) groups is 2. The summed E-state index contributed by atoms with van der Waals surface area (Å²) in [7, 11) is 0. The van der Waals surface area contributed by atoms with Crippen molar-refractivity contribution in [2.24, 2.45) is 0 Å². The molecule has 2 aromatic rings. The third-order valence-corrected chi connectivity index (χ3v) is 4.68. The number of fused-ring (bicyclic) bond motifs is 3. The van der Waals surface area contributed by atoms with Gasteiger partial charge in [0.15, 0.2) is 0 Å². The fraction of sp³-hybridized carbons (Fsp3) is 0.375. The summed E-state index contributed by atoms with van der Waals surface area (Å²) in [4.78, 5) is 23.6. The predicted molar refractivity (Wildman–Crippen MR) is 79.0 cm³/mol. The molecule has 6 heteroatoms. The van der Waals surface area contributed by atoms with Crippen molar-refractivity contribution < 1.29 is 19.1 Å². The molecule has 22 heavy (non-hydrogen) atoms. The fourth-order valence-electron chi connectivity index (χ4n) is 3.57. The molecular formula is C16H16N2O4. The molecule has 2 saturated heterocycles. The van der Waals surface area contributed by atoms with Crippen LogP contribution in [0.1, 0.15) is 40.0 Å². The number of nitrogens with one attached hydrogen (secondary N) is 2. The Morgan fingerprint density at radius 3 is 2.86 bits per heavy atom. The molecule has 0 saturated carbocycles. The maximum Gasteiger partial charge on any atom is 0.339 e. The highest BCUT2D eigenvalue weighted by molar-refractivity contribution is 6.05. The van der Waals surface area contributed by atoms with Crippen LogP contribution in [0.2, 0.25) is 0 Å². The smallest absolute Gasteiger partial charge is 0.339 e. The Labute approximate surface area is 126 Å². The van der Waals surface area contributed by atoms with Crippen molar-refractivity contribution in [3.05, 3.63) is 35.6 Å². The molecule has 2 fully saturated rings. The Morgan fingerprint density at radius 1 is 1.32 bits per heavy atom. The number of hydrogen-bond acceptors (Lipinski definition) is 4. The van der Waals surface area contributed by atoms with E-state index in [2.05, 4.69) is 10.6 Å². The topological polar surface area (TPSA) is 91.6 Å². The van der Waals surface area contributed by atoms with Crippen molar-refractivity contribution in [1.29, 1.82) is 0 Å². The first-order valence-corrected chi connectivity index (χ1v) is 7.43. The van der Waals surface area contributed by atoms with Gasteiger partial charge in [-0.05, 0) is 37.5 Å². The summed E-state index contributed by atoms with van der Waals surface area (Å²) in [6.45, 7) is 0. The normalized spacial score (nSPS) is 26.5.